The van der Waals surface area contributed by atoms with Crippen LogP contribution >= 0.6 is 0 Å². The van der Waals surface area contributed by atoms with Crippen molar-refractivity contribution in [2.75, 3.05) is 13.6 Å². The van der Waals surface area contributed by atoms with E-state index in [0.717, 1.165) is 38.6 Å². The second kappa shape index (κ2) is 13.0. The smallest absolute Gasteiger partial charge is 0.331 e. The van der Waals surface area contributed by atoms with Crippen LogP contribution in [0.5, 0.6) is 0 Å². The fourth-order valence-corrected chi connectivity index (χ4v) is 4.55. The first-order valence-electron chi connectivity index (χ1n) is 12.2. The van der Waals surface area contributed by atoms with Gasteiger partial charge in [-0.1, -0.05) is 53.5 Å². The molecule has 0 aliphatic carbocycles. The molecule has 0 aromatic rings. The molecule has 0 saturated carbocycles. The van der Waals surface area contributed by atoms with Crippen molar-refractivity contribution >= 4 is 17.8 Å². The lowest BCUT2D eigenvalue weighted by Crippen LogP contribution is -2.59. The first kappa shape index (κ1) is 28.1. The third-order valence-corrected chi connectivity index (χ3v) is 6.59. The Balaban J connectivity index is 3.06. The van der Waals surface area contributed by atoms with Crippen LogP contribution in [0.25, 0.3) is 0 Å². The van der Waals surface area contributed by atoms with Crippen LogP contribution in [0, 0.1) is 11.8 Å². The van der Waals surface area contributed by atoms with Crippen molar-refractivity contribution in [3.8, 4) is 0 Å². The van der Waals surface area contributed by atoms with Crippen molar-refractivity contribution < 1.29 is 19.5 Å². The molecule has 0 radical (unpaired) electrons. The summed E-state index contributed by atoms with van der Waals surface area (Å²) < 4.78 is 0. The summed E-state index contributed by atoms with van der Waals surface area (Å²) in [7, 11) is 1.69. The number of likely N-dealkylation sites (tertiary alicyclic amines) is 1. The van der Waals surface area contributed by atoms with Gasteiger partial charge >= 0.3 is 5.97 Å². The third-order valence-electron chi connectivity index (χ3n) is 6.59. The van der Waals surface area contributed by atoms with Gasteiger partial charge in [0.05, 0.1) is 12.1 Å². The molecule has 4 atom stereocenters. The summed E-state index contributed by atoms with van der Waals surface area (Å²) in [6.07, 6.45) is 6.66. The van der Waals surface area contributed by atoms with Gasteiger partial charge in [-0.3, -0.25) is 14.5 Å². The Bertz CT molecular complexity index is 674. The number of piperidine rings is 1. The van der Waals surface area contributed by atoms with E-state index < -0.39 is 12.0 Å². The van der Waals surface area contributed by atoms with Crippen LogP contribution in [0.1, 0.15) is 80.6 Å². The van der Waals surface area contributed by atoms with Gasteiger partial charge in [0.25, 0.3) is 0 Å². The molecular formula is C25H45N3O4. The van der Waals surface area contributed by atoms with Crippen molar-refractivity contribution in [2.24, 2.45) is 11.8 Å². The molecule has 32 heavy (non-hydrogen) atoms. The molecule has 1 rings (SSSR count). The van der Waals surface area contributed by atoms with Crippen LogP contribution in [0.4, 0.5) is 0 Å². The van der Waals surface area contributed by atoms with Gasteiger partial charge in [-0.15, -0.1) is 0 Å². The van der Waals surface area contributed by atoms with Crippen molar-refractivity contribution in [2.45, 2.75) is 105 Å². The number of hydrogen-bond donors (Lipinski definition) is 2. The van der Waals surface area contributed by atoms with E-state index >= 15 is 0 Å². The van der Waals surface area contributed by atoms with Gasteiger partial charge in [-0.25, -0.2) is 4.79 Å². The summed E-state index contributed by atoms with van der Waals surface area (Å²) in [6.45, 7) is 14.6. The van der Waals surface area contributed by atoms with Crippen LogP contribution in [0.15, 0.2) is 11.6 Å². The summed E-state index contributed by atoms with van der Waals surface area (Å²) in [6, 6.07) is -0.897. The lowest BCUT2D eigenvalue weighted by molar-refractivity contribution is -0.140. The van der Waals surface area contributed by atoms with Gasteiger partial charge in [-0.2, -0.15) is 0 Å². The van der Waals surface area contributed by atoms with Crippen molar-refractivity contribution in [1.82, 2.24) is 15.1 Å². The van der Waals surface area contributed by atoms with Gasteiger partial charge < -0.3 is 15.3 Å². The molecule has 0 bridgehead atoms. The number of nitrogens with zero attached hydrogens (tertiary/aromatic N) is 2. The Morgan fingerprint density at radius 3 is 2.25 bits per heavy atom. The van der Waals surface area contributed by atoms with E-state index in [0.29, 0.717) is 6.04 Å². The predicted octanol–water partition coefficient (Wildman–Crippen LogP) is 3.68. The Morgan fingerprint density at radius 1 is 1.12 bits per heavy atom. The second-order valence-corrected chi connectivity index (χ2v) is 9.96. The summed E-state index contributed by atoms with van der Waals surface area (Å²) in [5.74, 6) is -1.32. The van der Waals surface area contributed by atoms with Crippen LogP contribution in [0.3, 0.4) is 0 Å². The maximum absolute atomic E-state index is 13.4. The van der Waals surface area contributed by atoms with E-state index in [4.69, 9.17) is 0 Å². The zero-order valence-electron chi connectivity index (χ0n) is 21.4. The zero-order valence-corrected chi connectivity index (χ0v) is 21.4. The number of carboxylic acids is 1. The zero-order chi connectivity index (χ0) is 24.6. The molecule has 0 aromatic carbocycles. The summed E-state index contributed by atoms with van der Waals surface area (Å²) >= 11 is 0. The van der Waals surface area contributed by atoms with E-state index in [2.05, 4.69) is 24.1 Å². The van der Waals surface area contributed by atoms with Gasteiger partial charge in [0.2, 0.25) is 11.8 Å². The summed E-state index contributed by atoms with van der Waals surface area (Å²) in [5.41, 5.74) is 0.205. The predicted molar refractivity (Wildman–Crippen MR) is 128 cm³/mol. The first-order valence-corrected chi connectivity index (χ1v) is 12.2. The molecule has 184 valence electrons. The lowest BCUT2D eigenvalue weighted by Gasteiger charge is -2.40. The van der Waals surface area contributed by atoms with Crippen LogP contribution in [-0.4, -0.2) is 70.4 Å². The second-order valence-electron chi connectivity index (χ2n) is 9.96. The normalized spacial score (nSPS) is 20.7. The van der Waals surface area contributed by atoms with Crippen LogP contribution < -0.4 is 5.32 Å². The lowest BCUT2D eigenvalue weighted by atomic mass is 9.95. The Morgan fingerprint density at radius 2 is 1.75 bits per heavy atom. The van der Waals surface area contributed by atoms with Gasteiger partial charge in [0.15, 0.2) is 0 Å². The largest absolute Gasteiger partial charge is 0.478 e. The molecule has 1 aliphatic rings. The highest BCUT2D eigenvalue weighted by atomic mass is 16.4. The molecule has 0 aromatic heterocycles. The highest BCUT2D eigenvalue weighted by Gasteiger charge is 2.36. The van der Waals surface area contributed by atoms with E-state index in [9.17, 15) is 19.5 Å². The van der Waals surface area contributed by atoms with Gasteiger partial charge in [0, 0.05) is 18.7 Å². The van der Waals surface area contributed by atoms with Crippen LogP contribution in [0.2, 0.25) is 0 Å². The number of nitrogens with one attached hydrogen (secondary N) is 1. The SMILES string of the molecule is CCCC(C)N1CCCCC1C(=O)NC(C(=O)N(C)C(/C=C(\C)C(=O)O)C(C)C)C(C)C. The highest BCUT2D eigenvalue weighted by Crippen LogP contribution is 2.23. The number of likely N-dealkylation sites (N-methyl/N-ethyl adjacent to an activating group) is 1. The highest BCUT2D eigenvalue weighted by molar-refractivity contribution is 5.90. The quantitative estimate of drug-likeness (QED) is 0.468. The molecule has 2 N–H and O–H groups in total. The number of carbonyl (C=O) groups excluding carboxylic acids is 2. The van der Waals surface area contributed by atoms with Gasteiger partial charge in [0.1, 0.15) is 6.04 Å². The fourth-order valence-electron chi connectivity index (χ4n) is 4.55. The maximum atomic E-state index is 13.4. The number of hydrogen-bond acceptors (Lipinski definition) is 4. The van der Waals surface area contributed by atoms with E-state index in [1.807, 2.05) is 27.7 Å². The summed E-state index contributed by atoms with van der Waals surface area (Å²) in [4.78, 5) is 41.9. The average molecular weight is 452 g/mol. The molecule has 1 aliphatic heterocycles. The molecule has 1 saturated heterocycles. The molecule has 7 heteroatoms. The van der Waals surface area contributed by atoms with E-state index in [-0.39, 0.29) is 41.3 Å². The number of aliphatic carboxylic acids is 1. The maximum Gasteiger partial charge on any atom is 0.331 e. The molecule has 1 heterocycles. The number of rotatable bonds is 11. The standard InChI is InChI=1S/C25H45N3O4/c1-9-12-19(7)28-14-11-10-13-20(28)23(29)26-22(17(4)5)24(30)27(8)21(16(2)3)15-18(6)25(31)32/h15-17,19-22H,9-14H2,1-8H3,(H,26,29)(H,31,32)/b18-15+. The third kappa shape index (κ3) is 7.61. The van der Waals surface area contributed by atoms with Gasteiger partial charge in [-0.05, 0) is 51.5 Å². The monoisotopic (exact) mass is 451 g/mol. The molecular weight excluding hydrogens is 406 g/mol. The number of amides is 2. The Kier molecular flexibility index (Phi) is 11.4. The summed E-state index contributed by atoms with van der Waals surface area (Å²) in [5, 5.41) is 12.3. The van der Waals surface area contributed by atoms with Crippen molar-refractivity contribution in [3.63, 3.8) is 0 Å². The van der Waals surface area contributed by atoms with E-state index in [1.54, 1.807) is 18.0 Å². The molecule has 2 amide bonds. The van der Waals surface area contributed by atoms with Crippen molar-refractivity contribution in [3.05, 3.63) is 11.6 Å². The molecule has 1 fully saturated rings. The average Bonchev–Trinajstić information content (AvgIpc) is 2.74. The first-order chi connectivity index (χ1) is 14.9. The molecule has 7 nitrogen and oxygen atoms in total. The molecule has 0 spiro atoms. The number of carboxylic acid groups (broad SMARTS) is 1. The Hall–Kier alpha value is -1.89. The minimum Gasteiger partial charge on any atom is -0.478 e. The van der Waals surface area contributed by atoms with E-state index in [1.165, 1.54) is 6.92 Å². The number of carbonyl (C=O) groups is 3. The minimum absolute atomic E-state index is 0.0329. The minimum atomic E-state index is -0.996. The fraction of sp³-hybridized carbons (Fsp3) is 0.800. The van der Waals surface area contributed by atoms with Crippen LogP contribution in [-0.2, 0) is 14.4 Å². The topological polar surface area (TPSA) is 90.0 Å². The molecule has 4 unspecified atom stereocenters. The Labute approximate surface area is 194 Å². The van der Waals surface area contributed by atoms with Crippen molar-refractivity contribution in [1.29, 1.82) is 0 Å².